The highest BCUT2D eigenvalue weighted by molar-refractivity contribution is 7.16. The van der Waals surface area contributed by atoms with Crippen LogP contribution in [0.25, 0.3) is 0 Å². The smallest absolute Gasteiger partial charge is 0.329 e. The molecule has 0 saturated carbocycles. The Hall–Kier alpha value is -0.650. The molecule has 1 aromatic rings. The Bertz CT molecular complexity index is 289. The molecule has 12 heavy (non-hydrogen) atoms. The molecule has 2 N–H and O–H groups in total. The first kappa shape index (κ1) is 9.44. The van der Waals surface area contributed by atoms with E-state index in [4.69, 9.17) is 17.3 Å². The van der Waals surface area contributed by atoms with Crippen molar-refractivity contribution >= 4 is 28.9 Å². The minimum absolute atomic E-state index is 0.465. The first-order valence-electron chi connectivity index (χ1n) is 3.09. The van der Waals surface area contributed by atoms with E-state index < -0.39 is 12.0 Å². The Balaban J connectivity index is 2.77. The quantitative estimate of drug-likeness (QED) is 0.733. The van der Waals surface area contributed by atoms with Crippen molar-refractivity contribution in [2.75, 3.05) is 7.11 Å². The van der Waals surface area contributed by atoms with Crippen molar-refractivity contribution in [1.82, 2.24) is 4.98 Å². The molecule has 4 nitrogen and oxygen atoms in total. The fourth-order valence-corrected chi connectivity index (χ4v) is 1.56. The summed E-state index contributed by atoms with van der Waals surface area (Å²) >= 11 is 6.77. The molecule has 0 aliphatic rings. The highest BCUT2D eigenvalue weighted by Gasteiger charge is 2.19. The third-order valence-corrected chi connectivity index (χ3v) is 2.41. The van der Waals surface area contributed by atoms with Gasteiger partial charge in [0.1, 0.15) is 9.34 Å². The van der Waals surface area contributed by atoms with E-state index in [0.29, 0.717) is 9.34 Å². The van der Waals surface area contributed by atoms with E-state index in [9.17, 15) is 4.79 Å². The summed E-state index contributed by atoms with van der Waals surface area (Å²) in [5.74, 6) is -0.513. The lowest BCUT2D eigenvalue weighted by Gasteiger charge is -2.03. The zero-order valence-electron chi connectivity index (χ0n) is 6.28. The van der Waals surface area contributed by atoms with Gasteiger partial charge >= 0.3 is 5.97 Å². The Kier molecular flexibility index (Phi) is 3.02. The molecule has 0 aliphatic heterocycles. The standard InChI is InChI=1S/C6H7ClN2O2S/c1-11-6(10)4(8)5-9-2-3(7)12-5/h2,4H,8H2,1H3. The minimum Gasteiger partial charge on any atom is -0.468 e. The summed E-state index contributed by atoms with van der Waals surface area (Å²) < 4.78 is 4.94. The molecule has 1 heterocycles. The van der Waals surface area contributed by atoms with Crippen molar-refractivity contribution in [3.8, 4) is 0 Å². The van der Waals surface area contributed by atoms with E-state index in [2.05, 4.69) is 9.72 Å². The summed E-state index contributed by atoms with van der Waals surface area (Å²) in [5.41, 5.74) is 5.48. The van der Waals surface area contributed by atoms with Crippen molar-refractivity contribution in [2.24, 2.45) is 5.73 Å². The van der Waals surface area contributed by atoms with Gasteiger partial charge in [0.25, 0.3) is 0 Å². The van der Waals surface area contributed by atoms with Crippen LogP contribution < -0.4 is 5.73 Å². The van der Waals surface area contributed by atoms with Gasteiger partial charge in [-0.15, -0.1) is 11.3 Å². The topological polar surface area (TPSA) is 65.2 Å². The fourth-order valence-electron chi connectivity index (χ4n) is 0.639. The number of thiazole rings is 1. The van der Waals surface area contributed by atoms with Crippen LogP contribution in [0, 0.1) is 0 Å². The zero-order valence-corrected chi connectivity index (χ0v) is 7.85. The predicted octanol–water partition coefficient (Wildman–Crippen LogP) is 0.969. The number of ether oxygens (including phenoxy) is 1. The van der Waals surface area contributed by atoms with Crippen LogP contribution >= 0.6 is 22.9 Å². The number of nitrogens with zero attached hydrogens (tertiary/aromatic N) is 1. The molecule has 1 unspecified atom stereocenters. The van der Waals surface area contributed by atoms with Crippen LogP contribution in [0.5, 0.6) is 0 Å². The highest BCUT2D eigenvalue weighted by Crippen LogP contribution is 2.22. The summed E-state index contributed by atoms with van der Waals surface area (Å²) in [6, 6.07) is -0.826. The average molecular weight is 207 g/mol. The summed E-state index contributed by atoms with van der Waals surface area (Å²) in [7, 11) is 1.28. The van der Waals surface area contributed by atoms with Gasteiger partial charge in [0, 0.05) is 0 Å². The average Bonchev–Trinajstić information content (AvgIpc) is 2.49. The number of halogens is 1. The third kappa shape index (κ3) is 1.94. The van der Waals surface area contributed by atoms with Crippen molar-refractivity contribution in [3.63, 3.8) is 0 Å². The van der Waals surface area contributed by atoms with Gasteiger partial charge < -0.3 is 10.5 Å². The first-order valence-corrected chi connectivity index (χ1v) is 4.29. The number of carbonyl (C=O) groups excluding carboxylic acids is 1. The molecule has 1 aromatic heterocycles. The van der Waals surface area contributed by atoms with E-state index in [-0.39, 0.29) is 0 Å². The van der Waals surface area contributed by atoms with Crippen molar-refractivity contribution in [1.29, 1.82) is 0 Å². The number of carbonyl (C=O) groups is 1. The van der Waals surface area contributed by atoms with Gasteiger partial charge in [-0.3, -0.25) is 0 Å². The molecule has 0 bridgehead atoms. The molecule has 0 aliphatic carbocycles. The van der Waals surface area contributed by atoms with Crippen molar-refractivity contribution in [2.45, 2.75) is 6.04 Å². The number of hydrogen-bond acceptors (Lipinski definition) is 5. The van der Waals surface area contributed by atoms with Crippen LogP contribution in [-0.4, -0.2) is 18.1 Å². The lowest BCUT2D eigenvalue weighted by Crippen LogP contribution is -2.22. The summed E-state index contributed by atoms with van der Waals surface area (Å²) in [6.07, 6.45) is 1.45. The number of aromatic nitrogens is 1. The second-order valence-corrected chi connectivity index (χ2v) is 3.70. The largest absolute Gasteiger partial charge is 0.468 e. The molecule has 1 rings (SSSR count). The second kappa shape index (κ2) is 3.84. The van der Waals surface area contributed by atoms with Crippen LogP contribution in [0.2, 0.25) is 4.34 Å². The van der Waals surface area contributed by atoms with Gasteiger partial charge in [-0.05, 0) is 0 Å². The van der Waals surface area contributed by atoms with Gasteiger partial charge in [0.2, 0.25) is 0 Å². The van der Waals surface area contributed by atoms with Crippen LogP contribution in [0.3, 0.4) is 0 Å². The maximum Gasteiger partial charge on any atom is 0.329 e. The van der Waals surface area contributed by atoms with E-state index in [0.717, 1.165) is 0 Å². The third-order valence-electron chi connectivity index (χ3n) is 1.22. The Morgan fingerprint density at radius 2 is 2.58 bits per heavy atom. The SMILES string of the molecule is COC(=O)C(N)c1ncc(Cl)s1. The number of nitrogens with two attached hydrogens (primary N) is 1. The maximum absolute atomic E-state index is 10.9. The van der Waals surface area contributed by atoms with Gasteiger partial charge in [-0.25, -0.2) is 9.78 Å². The number of esters is 1. The molecule has 66 valence electrons. The normalized spacial score (nSPS) is 12.6. The molecule has 6 heteroatoms. The van der Waals surface area contributed by atoms with E-state index in [1.807, 2.05) is 0 Å². The van der Waals surface area contributed by atoms with Gasteiger partial charge in [0.15, 0.2) is 6.04 Å². The number of rotatable bonds is 2. The Morgan fingerprint density at radius 1 is 1.92 bits per heavy atom. The lowest BCUT2D eigenvalue weighted by atomic mass is 10.3. The van der Waals surface area contributed by atoms with E-state index in [1.54, 1.807) is 0 Å². The van der Waals surface area contributed by atoms with Crippen LogP contribution in [-0.2, 0) is 9.53 Å². The summed E-state index contributed by atoms with van der Waals surface area (Å²) in [4.78, 5) is 14.7. The number of methoxy groups -OCH3 is 1. The molecule has 0 aromatic carbocycles. The summed E-state index contributed by atoms with van der Waals surface area (Å²) in [6.45, 7) is 0. The predicted molar refractivity (Wildman–Crippen MR) is 46.1 cm³/mol. The first-order chi connectivity index (χ1) is 5.65. The van der Waals surface area contributed by atoms with Crippen LogP contribution in [0.15, 0.2) is 6.20 Å². The van der Waals surface area contributed by atoms with Gasteiger partial charge in [0.05, 0.1) is 13.3 Å². The van der Waals surface area contributed by atoms with Crippen molar-refractivity contribution in [3.05, 3.63) is 15.5 Å². The molecule has 1 atom stereocenters. The zero-order chi connectivity index (χ0) is 9.14. The molecular weight excluding hydrogens is 200 g/mol. The van der Waals surface area contributed by atoms with Crippen LogP contribution in [0.4, 0.5) is 0 Å². The molecule has 0 spiro atoms. The fraction of sp³-hybridized carbons (Fsp3) is 0.333. The molecule has 0 amide bonds. The maximum atomic E-state index is 10.9. The number of hydrogen-bond donors (Lipinski definition) is 1. The Labute approximate surface area is 78.3 Å². The minimum atomic E-state index is -0.826. The van der Waals surface area contributed by atoms with Crippen LogP contribution in [0.1, 0.15) is 11.0 Å². The molecule has 0 radical (unpaired) electrons. The molecule has 0 fully saturated rings. The monoisotopic (exact) mass is 206 g/mol. The van der Waals surface area contributed by atoms with Gasteiger partial charge in [-0.1, -0.05) is 11.6 Å². The van der Waals surface area contributed by atoms with Crippen molar-refractivity contribution < 1.29 is 9.53 Å². The molecular formula is C6H7ClN2O2S. The highest BCUT2D eigenvalue weighted by atomic mass is 35.5. The van der Waals surface area contributed by atoms with E-state index >= 15 is 0 Å². The van der Waals surface area contributed by atoms with Gasteiger partial charge in [-0.2, -0.15) is 0 Å². The second-order valence-electron chi connectivity index (χ2n) is 2.00. The Morgan fingerprint density at radius 3 is 3.00 bits per heavy atom. The van der Waals surface area contributed by atoms with E-state index in [1.165, 1.54) is 24.6 Å². The lowest BCUT2D eigenvalue weighted by molar-refractivity contribution is -0.142. The molecule has 0 saturated heterocycles. The summed E-state index contributed by atoms with van der Waals surface area (Å²) in [5, 5.41) is 0.465.